The normalized spacial score (nSPS) is 17.0. The van der Waals surface area contributed by atoms with Gasteiger partial charge in [0.1, 0.15) is 0 Å². The van der Waals surface area contributed by atoms with E-state index in [0.29, 0.717) is 12.4 Å². The van der Waals surface area contributed by atoms with Gasteiger partial charge in [-0.3, -0.25) is 0 Å². The van der Waals surface area contributed by atoms with E-state index in [1.54, 1.807) is 0 Å². The molecule has 152 valence electrons. The summed E-state index contributed by atoms with van der Waals surface area (Å²) in [6.45, 7) is 0.675. The third-order valence-electron chi connectivity index (χ3n) is 5.67. The predicted molar refractivity (Wildman–Crippen MR) is 119 cm³/mol. The molecule has 1 aliphatic heterocycles. The summed E-state index contributed by atoms with van der Waals surface area (Å²) in [6, 6.07) is 13.8. The number of hydrogen-bond acceptors (Lipinski definition) is 6. The summed E-state index contributed by atoms with van der Waals surface area (Å²) < 4.78 is 0. The molecule has 4 rings (SSSR count). The van der Waals surface area contributed by atoms with Crippen molar-refractivity contribution in [1.29, 1.82) is 5.41 Å². The second-order valence-corrected chi connectivity index (χ2v) is 7.70. The van der Waals surface area contributed by atoms with Gasteiger partial charge in [0.15, 0.2) is 5.84 Å². The second kappa shape index (κ2) is 8.88. The van der Waals surface area contributed by atoms with E-state index < -0.39 is 0 Å². The van der Waals surface area contributed by atoms with Gasteiger partial charge < -0.3 is 10.7 Å². The van der Waals surface area contributed by atoms with Crippen molar-refractivity contribution >= 4 is 23.4 Å². The van der Waals surface area contributed by atoms with Gasteiger partial charge in [-0.25, -0.2) is 4.99 Å². The fourth-order valence-electron chi connectivity index (χ4n) is 4.17. The van der Waals surface area contributed by atoms with E-state index in [-0.39, 0.29) is 12.1 Å². The lowest BCUT2D eigenvalue weighted by molar-refractivity contribution is 0.401. The predicted octanol–water partition coefficient (Wildman–Crippen LogP) is 6.31. The van der Waals surface area contributed by atoms with Crippen molar-refractivity contribution in [2.24, 2.45) is 20.3 Å². The highest BCUT2D eigenvalue weighted by atomic mass is 15.2. The number of azide groups is 1. The fraction of sp³-hybridized carbons (Fsp3) is 0.364. The zero-order valence-electron chi connectivity index (χ0n) is 16.8. The second-order valence-electron chi connectivity index (χ2n) is 7.70. The van der Waals surface area contributed by atoms with Crippen LogP contribution in [0.1, 0.15) is 48.8 Å². The standard InChI is InChI=1S/C22H24N8/c23-13-17-11-18(15-26-30-24)20-19(12-17)28-22(9-5-2-6-10-22)21(27-20)29-25-14-16-7-3-1-4-8-16/h1,3-4,7-8,11-13,23,28H,2,5-6,9-10,14-15H2. The Labute approximate surface area is 175 Å². The van der Waals surface area contributed by atoms with Crippen molar-refractivity contribution in [3.05, 3.63) is 69.6 Å². The Morgan fingerprint density at radius 1 is 1.13 bits per heavy atom. The summed E-state index contributed by atoms with van der Waals surface area (Å²) in [4.78, 5) is 7.80. The molecule has 2 N–H and O–H groups in total. The molecule has 0 bridgehead atoms. The average Bonchev–Trinajstić information content (AvgIpc) is 2.79. The first-order valence-corrected chi connectivity index (χ1v) is 10.2. The first kappa shape index (κ1) is 19.8. The maximum absolute atomic E-state index is 8.76. The Bertz CT molecular complexity index is 1030. The minimum Gasteiger partial charge on any atom is -0.371 e. The van der Waals surface area contributed by atoms with Gasteiger partial charge in [0.2, 0.25) is 0 Å². The lowest BCUT2D eigenvalue weighted by Gasteiger charge is -2.41. The Kier molecular flexibility index (Phi) is 5.86. The molecular formula is C22H24N8. The zero-order chi connectivity index (χ0) is 20.8. The molecule has 2 aromatic rings. The molecule has 1 heterocycles. The number of nitrogens with one attached hydrogen (secondary N) is 2. The minimum atomic E-state index is -0.345. The van der Waals surface area contributed by atoms with Gasteiger partial charge >= 0.3 is 0 Å². The van der Waals surface area contributed by atoms with Crippen LogP contribution < -0.4 is 5.32 Å². The monoisotopic (exact) mass is 400 g/mol. The number of amidine groups is 1. The SMILES string of the molecule is [N-]=[N+]=NCc1cc(C=N)cc2c1N=C(N=NCc1ccccc1)C1(CCCCC1)N2. The van der Waals surface area contributed by atoms with Crippen molar-refractivity contribution < 1.29 is 0 Å². The average molecular weight is 400 g/mol. The summed E-state index contributed by atoms with van der Waals surface area (Å²) in [5.41, 5.74) is 12.6. The lowest BCUT2D eigenvalue weighted by atomic mass is 9.79. The van der Waals surface area contributed by atoms with Gasteiger partial charge in [-0.2, -0.15) is 5.11 Å². The van der Waals surface area contributed by atoms with Crippen LogP contribution in [-0.4, -0.2) is 17.6 Å². The van der Waals surface area contributed by atoms with Crippen molar-refractivity contribution in [2.75, 3.05) is 5.32 Å². The number of fused-ring (bicyclic) bond motifs is 1. The quantitative estimate of drug-likeness (QED) is 0.260. The van der Waals surface area contributed by atoms with Gasteiger partial charge in [0.05, 0.1) is 30.0 Å². The molecule has 8 nitrogen and oxygen atoms in total. The van der Waals surface area contributed by atoms with Crippen LogP contribution in [0, 0.1) is 5.41 Å². The Morgan fingerprint density at radius 3 is 2.67 bits per heavy atom. The van der Waals surface area contributed by atoms with Crippen molar-refractivity contribution in [3.8, 4) is 0 Å². The van der Waals surface area contributed by atoms with Crippen LogP contribution in [-0.2, 0) is 13.1 Å². The summed E-state index contributed by atoms with van der Waals surface area (Å²) in [7, 11) is 0. The Morgan fingerprint density at radius 2 is 1.93 bits per heavy atom. The van der Waals surface area contributed by atoms with E-state index in [4.69, 9.17) is 15.9 Å². The molecular weight excluding hydrogens is 376 g/mol. The molecule has 1 fully saturated rings. The lowest BCUT2D eigenvalue weighted by Crippen LogP contribution is -2.48. The Balaban J connectivity index is 1.74. The van der Waals surface area contributed by atoms with Crippen LogP contribution in [0.5, 0.6) is 0 Å². The minimum absolute atomic E-state index is 0.174. The molecule has 1 saturated carbocycles. The first-order valence-electron chi connectivity index (χ1n) is 10.2. The topological polar surface area (TPSA) is 122 Å². The number of rotatable bonds is 5. The molecule has 1 spiro atoms. The van der Waals surface area contributed by atoms with E-state index in [1.165, 1.54) is 12.6 Å². The molecule has 1 aliphatic carbocycles. The zero-order valence-corrected chi connectivity index (χ0v) is 16.8. The van der Waals surface area contributed by atoms with E-state index in [9.17, 15) is 0 Å². The van der Waals surface area contributed by atoms with Crippen molar-refractivity contribution in [3.63, 3.8) is 0 Å². The van der Waals surface area contributed by atoms with Crippen LogP contribution in [0.4, 0.5) is 11.4 Å². The first-order chi connectivity index (χ1) is 14.7. The maximum atomic E-state index is 8.76. The van der Waals surface area contributed by atoms with Crippen LogP contribution in [0.3, 0.4) is 0 Å². The summed E-state index contributed by atoms with van der Waals surface area (Å²) >= 11 is 0. The third kappa shape index (κ3) is 4.09. The summed E-state index contributed by atoms with van der Waals surface area (Å²) in [5.74, 6) is 0.690. The molecule has 0 saturated heterocycles. The van der Waals surface area contributed by atoms with E-state index in [0.717, 1.165) is 53.7 Å². The third-order valence-corrected chi connectivity index (χ3v) is 5.67. The van der Waals surface area contributed by atoms with Crippen molar-refractivity contribution in [1.82, 2.24) is 0 Å². The van der Waals surface area contributed by atoms with Gasteiger partial charge in [-0.05, 0) is 47.2 Å². The van der Waals surface area contributed by atoms with Gasteiger partial charge in [-0.15, -0.1) is 5.11 Å². The number of benzene rings is 2. The molecule has 0 amide bonds. The number of nitrogens with zero attached hydrogens (tertiary/aromatic N) is 6. The number of azo groups is 1. The molecule has 2 aliphatic rings. The van der Waals surface area contributed by atoms with Crippen molar-refractivity contribution in [2.45, 2.75) is 50.7 Å². The van der Waals surface area contributed by atoms with Crippen LogP contribution in [0.2, 0.25) is 0 Å². The largest absolute Gasteiger partial charge is 0.371 e. The number of anilines is 1. The van der Waals surface area contributed by atoms with Crippen LogP contribution in [0.25, 0.3) is 10.4 Å². The van der Waals surface area contributed by atoms with E-state index in [1.807, 2.05) is 42.5 Å². The smallest absolute Gasteiger partial charge is 0.176 e. The van der Waals surface area contributed by atoms with Crippen LogP contribution in [0.15, 0.2) is 62.8 Å². The van der Waals surface area contributed by atoms with E-state index in [2.05, 4.69) is 25.6 Å². The highest BCUT2D eigenvalue weighted by molar-refractivity contribution is 6.02. The number of aliphatic imine (C=N–C) groups is 1. The number of hydrogen-bond donors (Lipinski definition) is 2. The highest BCUT2D eigenvalue weighted by Crippen LogP contribution is 2.43. The molecule has 0 aromatic heterocycles. The molecule has 30 heavy (non-hydrogen) atoms. The highest BCUT2D eigenvalue weighted by Gasteiger charge is 2.41. The van der Waals surface area contributed by atoms with Crippen LogP contribution >= 0.6 is 0 Å². The van der Waals surface area contributed by atoms with Gasteiger partial charge in [0, 0.05) is 11.1 Å². The fourth-order valence-corrected chi connectivity index (χ4v) is 4.17. The maximum Gasteiger partial charge on any atom is 0.176 e. The van der Waals surface area contributed by atoms with Gasteiger partial charge in [-0.1, -0.05) is 54.7 Å². The van der Waals surface area contributed by atoms with Gasteiger partial charge in [0.25, 0.3) is 0 Å². The summed E-state index contributed by atoms with van der Waals surface area (Å²) in [5, 5.41) is 24.1. The molecule has 8 heteroatoms. The molecule has 0 radical (unpaired) electrons. The molecule has 0 unspecified atom stereocenters. The molecule has 0 atom stereocenters. The molecule has 2 aromatic carbocycles. The van der Waals surface area contributed by atoms with E-state index >= 15 is 0 Å². The Hall–Kier alpha value is -3.51. The summed E-state index contributed by atoms with van der Waals surface area (Å²) in [6.07, 6.45) is 6.59.